The Balaban J connectivity index is 1.81. The molecule has 1 amide bonds. The Labute approximate surface area is 155 Å². The molecule has 1 heterocycles. The van der Waals surface area contributed by atoms with Crippen LogP contribution in [0.15, 0.2) is 33.8 Å². The van der Waals surface area contributed by atoms with Gasteiger partial charge in [-0.2, -0.15) is 13.9 Å². The summed E-state index contributed by atoms with van der Waals surface area (Å²) in [6, 6.07) is 7.30. The standard InChI is InChI=1S/C18H21F2N3O2S/c1-11-6-12(2)17(13(3)7-11)21-9-16(24)23-22-8-14-4-5-15(25-14)10-26-18(19)20/h4-8,18,21H,9-10H2,1-3H3,(H,23,24)/b22-8-. The van der Waals surface area contributed by atoms with Gasteiger partial charge in [-0.25, -0.2) is 5.43 Å². The SMILES string of the molecule is Cc1cc(C)c(NCC(=O)N/N=C\c2ccc(CSC(F)F)o2)c(C)c1. The summed E-state index contributed by atoms with van der Waals surface area (Å²) < 4.78 is 29.6. The molecule has 140 valence electrons. The number of halogens is 2. The number of hydrazone groups is 1. The first-order valence-corrected chi connectivity index (χ1v) is 9.02. The van der Waals surface area contributed by atoms with Crippen molar-refractivity contribution in [2.75, 3.05) is 11.9 Å². The van der Waals surface area contributed by atoms with Gasteiger partial charge in [-0.15, -0.1) is 0 Å². The highest BCUT2D eigenvalue weighted by Gasteiger charge is 2.07. The Morgan fingerprint density at radius 3 is 2.62 bits per heavy atom. The Morgan fingerprint density at radius 1 is 1.27 bits per heavy atom. The van der Waals surface area contributed by atoms with Gasteiger partial charge in [-0.05, 0) is 44.0 Å². The van der Waals surface area contributed by atoms with Gasteiger partial charge in [-0.1, -0.05) is 29.5 Å². The maximum Gasteiger partial charge on any atom is 0.284 e. The molecule has 0 unspecified atom stereocenters. The van der Waals surface area contributed by atoms with Crippen LogP contribution < -0.4 is 10.7 Å². The summed E-state index contributed by atoms with van der Waals surface area (Å²) in [5.41, 5.74) is 6.64. The molecule has 1 aromatic heterocycles. The lowest BCUT2D eigenvalue weighted by molar-refractivity contribution is -0.119. The molecular weight excluding hydrogens is 360 g/mol. The van der Waals surface area contributed by atoms with Crippen LogP contribution in [0.2, 0.25) is 0 Å². The molecule has 0 atom stereocenters. The van der Waals surface area contributed by atoms with Gasteiger partial charge < -0.3 is 9.73 Å². The van der Waals surface area contributed by atoms with Gasteiger partial charge in [-0.3, -0.25) is 4.79 Å². The van der Waals surface area contributed by atoms with Crippen molar-refractivity contribution in [1.82, 2.24) is 5.43 Å². The third kappa shape index (κ3) is 6.18. The van der Waals surface area contributed by atoms with E-state index in [0.29, 0.717) is 23.3 Å². The molecule has 2 rings (SSSR count). The first kappa shape index (κ1) is 20.0. The van der Waals surface area contributed by atoms with E-state index < -0.39 is 5.76 Å². The Morgan fingerprint density at radius 2 is 1.96 bits per heavy atom. The van der Waals surface area contributed by atoms with Crippen LogP contribution in [0, 0.1) is 20.8 Å². The van der Waals surface area contributed by atoms with Gasteiger partial charge >= 0.3 is 0 Å². The summed E-state index contributed by atoms with van der Waals surface area (Å²) in [6.45, 7) is 6.08. The molecule has 0 radical (unpaired) electrons. The fraction of sp³-hybridized carbons (Fsp3) is 0.333. The quantitative estimate of drug-likeness (QED) is 0.531. The van der Waals surface area contributed by atoms with Crippen LogP contribution in [0.25, 0.3) is 0 Å². The van der Waals surface area contributed by atoms with Crippen LogP contribution in [-0.2, 0) is 10.5 Å². The topological polar surface area (TPSA) is 66.6 Å². The Bertz CT molecular complexity index is 767. The molecule has 1 aromatic carbocycles. The highest BCUT2D eigenvalue weighted by atomic mass is 32.2. The molecule has 0 spiro atoms. The van der Waals surface area contributed by atoms with E-state index in [2.05, 4.69) is 15.8 Å². The number of furan rings is 1. The summed E-state index contributed by atoms with van der Waals surface area (Å²) in [7, 11) is 0. The van der Waals surface area contributed by atoms with Crippen LogP contribution in [0.1, 0.15) is 28.2 Å². The molecule has 26 heavy (non-hydrogen) atoms. The fourth-order valence-corrected chi connectivity index (χ4v) is 2.97. The average Bonchev–Trinajstić information content (AvgIpc) is 2.99. The second-order valence-corrected chi connectivity index (χ2v) is 6.77. The van der Waals surface area contributed by atoms with Crippen LogP contribution in [0.5, 0.6) is 0 Å². The van der Waals surface area contributed by atoms with E-state index in [1.54, 1.807) is 12.1 Å². The smallest absolute Gasteiger partial charge is 0.284 e. The summed E-state index contributed by atoms with van der Waals surface area (Å²) in [6.07, 6.45) is 1.33. The van der Waals surface area contributed by atoms with Crippen molar-refractivity contribution in [2.45, 2.75) is 32.3 Å². The third-order valence-corrected chi connectivity index (χ3v) is 4.22. The van der Waals surface area contributed by atoms with Crippen LogP contribution >= 0.6 is 11.8 Å². The monoisotopic (exact) mass is 381 g/mol. The zero-order valence-electron chi connectivity index (χ0n) is 14.8. The number of hydrogen-bond acceptors (Lipinski definition) is 5. The predicted molar refractivity (Wildman–Crippen MR) is 101 cm³/mol. The lowest BCUT2D eigenvalue weighted by atomic mass is 10.1. The number of anilines is 1. The van der Waals surface area contributed by atoms with Crippen molar-refractivity contribution in [3.8, 4) is 0 Å². The second-order valence-electron chi connectivity index (χ2n) is 5.80. The predicted octanol–water partition coefficient (Wildman–Crippen LogP) is 4.22. The molecule has 0 aliphatic heterocycles. The highest BCUT2D eigenvalue weighted by Crippen LogP contribution is 2.22. The van der Waals surface area contributed by atoms with Crippen molar-refractivity contribution < 1.29 is 18.0 Å². The molecule has 0 bridgehead atoms. The number of carbonyl (C=O) groups is 1. The van der Waals surface area contributed by atoms with Crippen molar-refractivity contribution >= 4 is 29.6 Å². The molecule has 2 N–H and O–H groups in total. The first-order valence-electron chi connectivity index (χ1n) is 7.97. The maximum absolute atomic E-state index is 12.1. The van der Waals surface area contributed by atoms with E-state index >= 15 is 0 Å². The van der Waals surface area contributed by atoms with Crippen molar-refractivity contribution in [2.24, 2.45) is 5.10 Å². The van der Waals surface area contributed by atoms with Gasteiger partial charge in [0.15, 0.2) is 0 Å². The molecule has 0 fully saturated rings. The summed E-state index contributed by atoms with van der Waals surface area (Å²) in [4.78, 5) is 11.9. The first-order chi connectivity index (χ1) is 12.3. The van der Waals surface area contributed by atoms with E-state index in [0.717, 1.165) is 16.8 Å². The van der Waals surface area contributed by atoms with E-state index in [9.17, 15) is 13.6 Å². The van der Waals surface area contributed by atoms with E-state index in [4.69, 9.17) is 4.42 Å². The van der Waals surface area contributed by atoms with E-state index in [1.165, 1.54) is 11.8 Å². The molecule has 0 aliphatic carbocycles. The fourth-order valence-electron chi connectivity index (χ4n) is 2.52. The lowest BCUT2D eigenvalue weighted by Gasteiger charge is -2.13. The molecule has 5 nitrogen and oxygen atoms in total. The molecule has 0 aliphatic rings. The Kier molecular flexibility index (Phi) is 7.20. The minimum Gasteiger partial charge on any atom is -0.459 e. The van der Waals surface area contributed by atoms with Crippen molar-refractivity contribution in [3.05, 3.63) is 52.5 Å². The van der Waals surface area contributed by atoms with Gasteiger partial charge in [0.05, 0.1) is 18.5 Å². The number of rotatable bonds is 8. The second kappa shape index (κ2) is 9.38. The molecule has 8 heteroatoms. The number of amides is 1. The number of thioether (sulfide) groups is 1. The zero-order chi connectivity index (χ0) is 19.1. The van der Waals surface area contributed by atoms with Crippen molar-refractivity contribution in [3.63, 3.8) is 0 Å². The van der Waals surface area contributed by atoms with Gasteiger partial charge in [0, 0.05) is 5.69 Å². The number of nitrogens with one attached hydrogen (secondary N) is 2. The number of aryl methyl sites for hydroxylation is 3. The lowest BCUT2D eigenvalue weighted by Crippen LogP contribution is -2.26. The molecule has 0 saturated heterocycles. The Hall–Kier alpha value is -2.35. The highest BCUT2D eigenvalue weighted by molar-refractivity contribution is 7.98. The molecule has 2 aromatic rings. The summed E-state index contributed by atoms with van der Waals surface area (Å²) in [5.74, 6) is -1.86. The van der Waals surface area contributed by atoms with Crippen molar-refractivity contribution in [1.29, 1.82) is 0 Å². The minimum absolute atomic E-state index is 0.0799. The molecule has 0 saturated carbocycles. The number of alkyl halides is 2. The van der Waals surface area contributed by atoms with Crippen LogP contribution in [-0.4, -0.2) is 24.4 Å². The average molecular weight is 381 g/mol. The van der Waals surface area contributed by atoms with Gasteiger partial charge in [0.1, 0.15) is 11.5 Å². The third-order valence-electron chi connectivity index (χ3n) is 3.52. The number of nitrogens with zero attached hydrogens (tertiary/aromatic N) is 1. The number of benzene rings is 1. The normalized spacial score (nSPS) is 11.3. The molecular formula is C18H21F2N3O2S. The van der Waals surface area contributed by atoms with Crippen LogP contribution in [0.3, 0.4) is 0 Å². The number of carbonyl (C=O) groups excluding carboxylic acids is 1. The summed E-state index contributed by atoms with van der Waals surface area (Å²) >= 11 is 0.484. The zero-order valence-corrected chi connectivity index (χ0v) is 15.6. The number of hydrogen-bond donors (Lipinski definition) is 2. The largest absolute Gasteiger partial charge is 0.459 e. The van der Waals surface area contributed by atoms with Crippen LogP contribution in [0.4, 0.5) is 14.5 Å². The van der Waals surface area contributed by atoms with Gasteiger partial charge in [0.25, 0.3) is 11.7 Å². The van der Waals surface area contributed by atoms with E-state index in [-0.39, 0.29) is 18.2 Å². The van der Waals surface area contributed by atoms with E-state index in [1.807, 2.05) is 32.9 Å². The maximum atomic E-state index is 12.1. The van der Waals surface area contributed by atoms with Gasteiger partial charge in [0.2, 0.25) is 0 Å². The minimum atomic E-state index is -2.44. The summed E-state index contributed by atoms with van der Waals surface area (Å²) in [5, 5.41) is 6.91.